The standard InChI is InChI=1S/C13H15FN2O2/c14-11-6-8(7-15)5-10(13(11)17)12(16)9-1-3-18-4-2-9/h5-6,9,12,17H,1-4,16H2/t12-/m0/s1. The Morgan fingerprint density at radius 1 is 1.44 bits per heavy atom. The molecule has 0 saturated carbocycles. The minimum atomic E-state index is -0.799. The van der Waals surface area contributed by atoms with Gasteiger partial charge in [-0.15, -0.1) is 0 Å². The van der Waals surface area contributed by atoms with Crippen molar-refractivity contribution >= 4 is 0 Å². The molecule has 1 aromatic rings. The smallest absolute Gasteiger partial charge is 0.166 e. The van der Waals surface area contributed by atoms with Crippen LogP contribution in [-0.4, -0.2) is 18.3 Å². The predicted molar refractivity (Wildman–Crippen MR) is 63.3 cm³/mol. The molecule has 1 aromatic carbocycles. The summed E-state index contributed by atoms with van der Waals surface area (Å²) >= 11 is 0. The fourth-order valence-electron chi connectivity index (χ4n) is 2.27. The second-order valence-corrected chi connectivity index (χ2v) is 4.48. The Balaban J connectivity index is 2.31. The minimum Gasteiger partial charge on any atom is -0.505 e. The minimum absolute atomic E-state index is 0.137. The molecule has 0 radical (unpaired) electrons. The summed E-state index contributed by atoms with van der Waals surface area (Å²) in [5.74, 6) is -1.11. The molecule has 2 rings (SSSR count). The van der Waals surface area contributed by atoms with E-state index >= 15 is 0 Å². The highest BCUT2D eigenvalue weighted by Crippen LogP contribution is 2.34. The third-order valence-corrected chi connectivity index (χ3v) is 3.35. The van der Waals surface area contributed by atoms with Gasteiger partial charge in [0.15, 0.2) is 11.6 Å². The van der Waals surface area contributed by atoms with Crippen molar-refractivity contribution in [2.24, 2.45) is 11.7 Å². The van der Waals surface area contributed by atoms with Gasteiger partial charge in [0.1, 0.15) is 0 Å². The van der Waals surface area contributed by atoms with Gasteiger partial charge in [0.2, 0.25) is 0 Å². The van der Waals surface area contributed by atoms with Crippen LogP contribution in [0.3, 0.4) is 0 Å². The number of nitrogens with two attached hydrogens (primary N) is 1. The monoisotopic (exact) mass is 250 g/mol. The molecular formula is C13H15FN2O2. The summed E-state index contributed by atoms with van der Waals surface area (Å²) in [5, 5.41) is 18.5. The van der Waals surface area contributed by atoms with Crippen LogP contribution in [-0.2, 0) is 4.74 Å². The SMILES string of the molecule is N#Cc1cc(F)c(O)c([C@@H](N)C2CCOCC2)c1. The van der Waals surface area contributed by atoms with Gasteiger partial charge in [-0.2, -0.15) is 5.26 Å². The summed E-state index contributed by atoms with van der Waals surface area (Å²) in [6.45, 7) is 1.25. The Hall–Kier alpha value is -1.64. The highest BCUT2D eigenvalue weighted by Gasteiger charge is 2.25. The van der Waals surface area contributed by atoms with E-state index in [1.807, 2.05) is 6.07 Å². The molecule has 0 unspecified atom stereocenters. The first kappa shape index (κ1) is 12.8. The molecule has 96 valence electrons. The van der Waals surface area contributed by atoms with Crippen molar-refractivity contribution < 1.29 is 14.2 Å². The zero-order chi connectivity index (χ0) is 13.1. The van der Waals surface area contributed by atoms with Crippen molar-refractivity contribution in [1.82, 2.24) is 0 Å². The molecule has 1 heterocycles. The molecule has 3 N–H and O–H groups in total. The van der Waals surface area contributed by atoms with Crippen LogP contribution in [0.2, 0.25) is 0 Å². The van der Waals surface area contributed by atoms with E-state index in [4.69, 9.17) is 15.7 Å². The van der Waals surface area contributed by atoms with Crippen molar-refractivity contribution in [3.05, 3.63) is 29.1 Å². The third-order valence-electron chi connectivity index (χ3n) is 3.35. The number of hydrogen-bond acceptors (Lipinski definition) is 4. The first-order chi connectivity index (χ1) is 8.63. The summed E-state index contributed by atoms with van der Waals surface area (Å²) in [6.07, 6.45) is 1.55. The average Bonchev–Trinajstić information content (AvgIpc) is 2.42. The number of ether oxygens (including phenoxy) is 1. The molecule has 5 heteroatoms. The van der Waals surface area contributed by atoms with Crippen LogP contribution in [0.1, 0.15) is 30.0 Å². The van der Waals surface area contributed by atoms with Gasteiger partial charge in [0.05, 0.1) is 11.6 Å². The molecule has 0 aliphatic carbocycles. The summed E-state index contributed by atoms with van der Waals surface area (Å²) < 4.78 is 18.7. The van der Waals surface area contributed by atoms with Crippen LogP contribution < -0.4 is 5.73 Å². The molecule has 1 aliphatic heterocycles. The van der Waals surface area contributed by atoms with Crippen LogP contribution in [0, 0.1) is 23.1 Å². The van der Waals surface area contributed by atoms with Gasteiger partial charge in [0, 0.05) is 24.8 Å². The number of phenols is 1. The van der Waals surface area contributed by atoms with Crippen molar-refractivity contribution in [3.63, 3.8) is 0 Å². The lowest BCUT2D eigenvalue weighted by molar-refractivity contribution is 0.0580. The Morgan fingerprint density at radius 3 is 2.72 bits per heavy atom. The molecule has 0 bridgehead atoms. The van der Waals surface area contributed by atoms with E-state index < -0.39 is 17.6 Å². The highest BCUT2D eigenvalue weighted by atomic mass is 19.1. The molecule has 1 atom stereocenters. The maximum atomic E-state index is 13.5. The van der Waals surface area contributed by atoms with Crippen molar-refractivity contribution in [2.45, 2.75) is 18.9 Å². The van der Waals surface area contributed by atoms with Gasteiger partial charge in [-0.1, -0.05) is 0 Å². The van der Waals surface area contributed by atoms with E-state index in [-0.39, 0.29) is 11.5 Å². The third kappa shape index (κ3) is 2.45. The van der Waals surface area contributed by atoms with Gasteiger partial charge in [-0.05, 0) is 30.9 Å². The fraction of sp³-hybridized carbons (Fsp3) is 0.462. The summed E-state index contributed by atoms with van der Waals surface area (Å²) in [7, 11) is 0. The lowest BCUT2D eigenvalue weighted by Crippen LogP contribution is -2.27. The number of nitriles is 1. The Bertz CT molecular complexity index is 479. The van der Waals surface area contributed by atoms with E-state index in [0.717, 1.165) is 18.9 Å². The van der Waals surface area contributed by atoms with Gasteiger partial charge in [-0.3, -0.25) is 0 Å². The molecule has 0 spiro atoms. The van der Waals surface area contributed by atoms with E-state index in [1.165, 1.54) is 6.07 Å². The fourth-order valence-corrected chi connectivity index (χ4v) is 2.27. The van der Waals surface area contributed by atoms with E-state index in [1.54, 1.807) is 0 Å². The molecule has 1 saturated heterocycles. The van der Waals surface area contributed by atoms with Gasteiger partial charge < -0.3 is 15.6 Å². The number of rotatable bonds is 2. The van der Waals surface area contributed by atoms with E-state index in [2.05, 4.69) is 0 Å². The molecule has 18 heavy (non-hydrogen) atoms. The Morgan fingerprint density at radius 2 is 2.11 bits per heavy atom. The summed E-state index contributed by atoms with van der Waals surface area (Å²) in [4.78, 5) is 0. The van der Waals surface area contributed by atoms with Crippen LogP contribution in [0.15, 0.2) is 12.1 Å². The van der Waals surface area contributed by atoms with Crippen LogP contribution in [0.4, 0.5) is 4.39 Å². The largest absolute Gasteiger partial charge is 0.505 e. The lowest BCUT2D eigenvalue weighted by atomic mass is 9.87. The first-order valence-electron chi connectivity index (χ1n) is 5.89. The highest BCUT2D eigenvalue weighted by molar-refractivity contribution is 5.44. The predicted octanol–water partition coefficient (Wildman–Crippen LogP) is 1.83. The van der Waals surface area contributed by atoms with Gasteiger partial charge in [-0.25, -0.2) is 4.39 Å². The quantitative estimate of drug-likeness (QED) is 0.839. The Kier molecular flexibility index (Phi) is 3.80. The zero-order valence-electron chi connectivity index (χ0n) is 9.90. The number of benzene rings is 1. The van der Waals surface area contributed by atoms with Crippen molar-refractivity contribution in [2.75, 3.05) is 13.2 Å². The second kappa shape index (κ2) is 5.34. The molecule has 4 nitrogen and oxygen atoms in total. The number of phenolic OH excluding ortho intramolecular Hbond substituents is 1. The maximum absolute atomic E-state index is 13.5. The van der Waals surface area contributed by atoms with Crippen LogP contribution in [0.25, 0.3) is 0 Å². The first-order valence-corrected chi connectivity index (χ1v) is 5.89. The number of aromatic hydroxyl groups is 1. The maximum Gasteiger partial charge on any atom is 0.166 e. The zero-order valence-corrected chi connectivity index (χ0v) is 9.90. The van der Waals surface area contributed by atoms with Crippen molar-refractivity contribution in [3.8, 4) is 11.8 Å². The second-order valence-electron chi connectivity index (χ2n) is 4.48. The molecule has 1 fully saturated rings. The normalized spacial score (nSPS) is 18.3. The molecule has 0 amide bonds. The van der Waals surface area contributed by atoms with Gasteiger partial charge >= 0.3 is 0 Å². The van der Waals surface area contributed by atoms with E-state index in [9.17, 15) is 9.50 Å². The van der Waals surface area contributed by atoms with Crippen LogP contribution >= 0.6 is 0 Å². The summed E-state index contributed by atoms with van der Waals surface area (Å²) in [6, 6.07) is 3.85. The van der Waals surface area contributed by atoms with Crippen molar-refractivity contribution in [1.29, 1.82) is 5.26 Å². The molecular weight excluding hydrogens is 235 g/mol. The average molecular weight is 250 g/mol. The molecule has 0 aromatic heterocycles. The van der Waals surface area contributed by atoms with Gasteiger partial charge in [0.25, 0.3) is 0 Å². The Labute approximate surface area is 105 Å². The van der Waals surface area contributed by atoms with Crippen LogP contribution in [0.5, 0.6) is 5.75 Å². The topological polar surface area (TPSA) is 79.3 Å². The number of halogens is 1. The molecule has 1 aliphatic rings. The number of hydrogen-bond donors (Lipinski definition) is 2. The number of nitrogens with zero attached hydrogens (tertiary/aromatic N) is 1. The van der Waals surface area contributed by atoms with E-state index in [0.29, 0.717) is 18.8 Å². The lowest BCUT2D eigenvalue weighted by Gasteiger charge is -2.28. The summed E-state index contributed by atoms with van der Waals surface area (Å²) in [5.41, 5.74) is 6.54.